The van der Waals surface area contributed by atoms with E-state index < -0.39 is 39.0 Å². The standard InChI is InChI=1S/C18H25N3O5S2/c1-18(13-9-5-4-6-10-13)14(15(18)20-28(24)25)16(22)21(17(23)27-19-2)11-7-8-12-26-3/h4-6,9-10,14-15,19H,7-8,11-12H2,1-3H3. The van der Waals surface area contributed by atoms with E-state index >= 15 is 0 Å². The normalized spacial score (nSPS) is 23.1. The summed E-state index contributed by atoms with van der Waals surface area (Å²) in [6, 6.07) is 8.47. The van der Waals surface area contributed by atoms with E-state index in [1.54, 1.807) is 14.2 Å². The molecular formula is C18H25N3O5S2. The molecule has 1 aromatic rings. The van der Waals surface area contributed by atoms with Crippen LogP contribution >= 0.6 is 11.9 Å². The summed E-state index contributed by atoms with van der Waals surface area (Å²) in [5.74, 6) is -1.12. The van der Waals surface area contributed by atoms with Crippen molar-refractivity contribution >= 4 is 33.6 Å². The van der Waals surface area contributed by atoms with Crippen molar-refractivity contribution in [3.63, 3.8) is 0 Å². The van der Waals surface area contributed by atoms with Crippen LogP contribution in [-0.2, 0) is 25.4 Å². The molecule has 0 aliphatic heterocycles. The molecule has 1 aliphatic rings. The molecule has 28 heavy (non-hydrogen) atoms. The van der Waals surface area contributed by atoms with Crippen LogP contribution in [0.4, 0.5) is 4.79 Å². The summed E-state index contributed by atoms with van der Waals surface area (Å²) in [4.78, 5) is 26.9. The predicted molar refractivity (Wildman–Crippen MR) is 107 cm³/mol. The van der Waals surface area contributed by atoms with Crippen LogP contribution in [0.2, 0.25) is 0 Å². The van der Waals surface area contributed by atoms with Gasteiger partial charge in [0.25, 0.3) is 0 Å². The van der Waals surface area contributed by atoms with Gasteiger partial charge in [-0.2, -0.15) is 12.8 Å². The van der Waals surface area contributed by atoms with Crippen LogP contribution in [0.25, 0.3) is 0 Å². The molecule has 0 aromatic heterocycles. The Hall–Kier alpha value is -1.75. The minimum atomic E-state index is -2.64. The molecule has 2 amide bonds. The Morgan fingerprint density at radius 2 is 1.96 bits per heavy atom. The molecule has 0 radical (unpaired) electrons. The summed E-state index contributed by atoms with van der Waals surface area (Å²) in [5.41, 5.74) is 0.0499. The van der Waals surface area contributed by atoms with E-state index in [0.29, 0.717) is 19.4 Å². The fraction of sp³-hybridized carbons (Fsp3) is 0.556. The molecule has 0 bridgehead atoms. The first kappa shape index (κ1) is 22.5. The zero-order valence-electron chi connectivity index (χ0n) is 16.1. The number of rotatable bonds is 9. The second-order valence-electron chi connectivity index (χ2n) is 6.66. The molecule has 1 fully saturated rings. The Kier molecular flexibility index (Phi) is 8.17. The Labute approximate surface area is 170 Å². The minimum Gasteiger partial charge on any atom is -0.385 e. The number of ether oxygens (including phenoxy) is 1. The number of amides is 2. The second kappa shape index (κ2) is 10.1. The van der Waals surface area contributed by atoms with Gasteiger partial charge in [-0.15, -0.1) is 0 Å². The van der Waals surface area contributed by atoms with Crippen LogP contribution in [0.15, 0.2) is 34.7 Å². The Morgan fingerprint density at radius 1 is 1.29 bits per heavy atom. The molecule has 2 rings (SSSR count). The van der Waals surface area contributed by atoms with E-state index in [4.69, 9.17) is 4.74 Å². The summed E-state index contributed by atoms with van der Waals surface area (Å²) in [7, 11) is 0.549. The molecule has 0 heterocycles. The zero-order chi connectivity index (χ0) is 20.7. The summed E-state index contributed by atoms with van der Waals surface area (Å²) >= 11 is 0.820. The SMILES string of the molecule is CNSC(=O)N(CCCCOC)C(=O)C1C(N=S(=O)=O)C1(C)c1ccccc1. The average molecular weight is 428 g/mol. The molecule has 1 aliphatic carbocycles. The van der Waals surface area contributed by atoms with Gasteiger partial charge in [-0.1, -0.05) is 37.3 Å². The number of hydrogen-bond donors (Lipinski definition) is 1. The molecule has 8 nitrogen and oxygen atoms in total. The zero-order valence-corrected chi connectivity index (χ0v) is 17.8. The maximum Gasteiger partial charge on any atom is 0.311 e. The first-order valence-corrected chi connectivity index (χ1v) is 10.8. The largest absolute Gasteiger partial charge is 0.385 e. The Balaban J connectivity index is 2.29. The molecule has 0 saturated heterocycles. The van der Waals surface area contributed by atoms with Crippen LogP contribution in [0, 0.1) is 5.92 Å². The summed E-state index contributed by atoms with van der Waals surface area (Å²) in [6.07, 6.45) is 1.30. The molecule has 154 valence electrons. The van der Waals surface area contributed by atoms with Gasteiger partial charge in [0.2, 0.25) is 5.91 Å². The van der Waals surface area contributed by atoms with Gasteiger partial charge in [-0.05, 0) is 25.5 Å². The smallest absolute Gasteiger partial charge is 0.311 e. The van der Waals surface area contributed by atoms with E-state index in [-0.39, 0.29) is 6.54 Å². The second-order valence-corrected chi connectivity index (χ2v) is 8.26. The third kappa shape index (κ3) is 4.99. The van der Waals surface area contributed by atoms with Crippen LogP contribution in [0.5, 0.6) is 0 Å². The predicted octanol–water partition coefficient (Wildman–Crippen LogP) is 2.25. The van der Waals surface area contributed by atoms with E-state index in [9.17, 15) is 18.0 Å². The maximum absolute atomic E-state index is 13.2. The number of unbranched alkanes of at least 4 members (excludes halogenated alkanes) is 1. The average Bonchev–Trinajstić information content (AvgIpc) is 3.26. The highest BCUT2D eigenvalue weighted by molar-refractivity contribution is 8.11. The number of methoxy groups -OCH3 is 1. The van der Waals surface area contributed by atoms with Crippen LogP contribution in [0.1, 0.15) is 25.3 Å². The van der Waals surface area contributed by atoms with Crippen LogP contribution in [-0.4, -0.2) is 57.8 Å². The molecular weight excluding hydrogens is 402 g/mol. The maximum atomic E-state index is 13.2. The van der Waals surface area contributed by atoms with Crippen molar-refractivity contribution < 1.29 is 22.7 Å². The molecule has 1 N–H and O–H groups in total. The highest BCUT2D eigenvalue weighted by Crippen LogP contribution is 2.57. The van der Waals surface area contributed by atoms with Gasteiger partial charge in [0.15, 0.2) is 0 Å². The fourth-order valence-electron chi connectivity index (χ4n) is 3.41. The third-order valence-corrected chi connectivity index (χ3v) is 5.98. The van der Waals surface area contributed by atoms with E-state index in [1.807, 2.05) is 37.3 Å². The van der Waals surface area contributed by atoms with Crippen molar-refractivity contribution in [2.75, 3.05) is 27.3 Å². The summed E-state index contributed by atoms with van der Waals surface area (Å²) in [5, 5.41) is -0.422. The molecule has 3 atom stereocenters. The first-order valence-electron chi connectivity index (χ1n) is 8.91. The highest BCUT2D eigenvalue weighted by Gasteiger charge is 2.68. The number of carbonyl (C=O) groups is 2. The third-order valence-electron chi connectivity index (χ3n) is 4.98. The van der Waals surface area contributed by atoms with Gasteiger partial charge < -0.3 is 4.74 Å². The van der Waals surface area contributed by atoms with Gasteiger partial charge in [-0.3, -0.25) is 19.2 Å². The fourth-order valence-corrected chi connectivity index (χ4v) is 4.40. The lowest BCUT2D eigenvalue weighted by atomic mass is 9.94. The van der Waals surface area contributed by atoms with Crippen molar-refractivity contribution in [2.24, 2.45) is 10.3 Å². The van der Waals surface area contributed by atoms with E-state index in [1.165, 1.54) is 4.90 Å². The lowest BCUT2D eigenvalue weighted by Crippen LogP contribution is -2.38. The highest BCUT2D eigenvalue weighted by atomic mass is 32.2. The van der Waals surface area contributed by atoms with Crippen LogP contribution in [0.3, 0.4) is 0 Å². The van der Waals surface area contributed by atoms with Crippen LogP contribution < -0.4 is 4.72 Å². The number of nitrogens with zero attached hydrogens (tertiary/aromatic N) is 2. The molecule has 10 heteroatoms. The van der Waals surface area contributed by atoms with E-state index in [2.05, 4.69) is 9.08 Å². The monoisotopic (exact) mass is 427 g/mol. The quantitative estimate of drug-likeness (QED) is 0.476. The van der Waals surface area contributed by atoms with E-state index in [0.717, 1.165) is 17.5 Å². The number of imide groups is 1. The topological polar surface area (TPSA) is 105 Å². The van der Waals surface area contributed by atoms with Crippen molar-refractivity contribution in [3.05, 3.63) is 35.9 Å². The number of carbonyl (C=O) groups excluding carboxylic acids is 2. The molecule has 0 spiro atoms. The molecule has 3 unspecified atom stereocenters. The van der Waals surface area contributed by atoms with Crippen molar-refractivity contribution in [1.29, 1.82) is 0 Å². The summed E-state index contributed by atoms with van der Waals surface area (Å²) < 4.78 is 33.8. The van der Waals surface area contributed by atoms with Crippen molar-refractivity contribution in [2.45, 2.75) is 31.2 Å². The minimum absolute atomic E-state index is 0.240. The molecule has 1 aromatic carbocycles. The number of benzene rings is 1. The lowest BCUT2D eigenvalue weighted by Gasteiger charge is -2.21. The number of nitrogens with one attached hydrogen (secondary N) is 1. The van der Waals surface area contributed by atoms with Crippen molar-refractivity contribution in [3.8, 4) is 0 Å². The Morgan fingerprint density at radius 3 is 2.54 bits per heavy atom. The Bertz CT molecular complexity index is 823. The first-order chi connectivity index (χ1) is 13.4. The van der Waals surface area contributed by atoms with Gasteiger partial charge in [0.1, 0.15) is 0 Å². The lowest BCUT2D eigenvalue weighted by molar-refractivity contribution is -0.129. The number of hydrogen-bond acceptors (Lipinski definition) is 8. The van der Waals surface area contributed by atoms with Gasteiger partial charge >= 0.3 is 15.7 Å². The van der Waals surface area contributed by atoms with Crippen molar-refractivity contribution in [1.82, 2.24) is 9.62 Å². The van der Waals surface area contributed by atoms with Gasteiger partial charge in [0.05, 0.1) is 12.0 Å². The molecule has 1 saturated carbocycles. The summed E-state index contributed by atoms with van der Waals surface area (Å²) in [6.45, 7) is 2.59. The van der Waals surface area contributed by atoms with Gasteiger partial charge in [0, 0.05) is 37.6 Å². The van der Waals surface area contributed by atoms with Gasteiger partial charge in [-0.25, -0.2) is 0 Å².